The van der Waals surface area contributed by atoms with Crippen LogP contribution in [0.5, 0.6) is 0 Å². The van der Waals surface area contributed by atoms with Crippen LogP contribution in [0.25, 0.3) is 0 Å². The lowest BCUT2D eigenvalue weighted by Gasteiger charge is -2.11. The quantitative estimate of drug-likeness (QED) is 0.761. The maximum absolute atomic E-state index is 11.6. The zero-order valence-electron chi connectivity index (χ0n) is 8.77. The molecule has 0 aliphatic rings. The third kappa shape index (κ3) is 3.48. The van der Waals surface area contributed by atoms with Gasteiger partial charge in [0.2, 0.25) is 10.0 Å². The SMILES string of the molecule is CN(C)S(=O)(=O)Cc1ccc(CCl)cc1. The number of sulfonamides is 1. The van der Waals surface area contributed by atoms with Gasteiger partial charge in [0.1, 0.15) is 0 Å². The Morgan fingerprint density at radius 3 is 2.00 bits per heavy atom. The van der Waals surface area contributed by atoms with Crippen LogP contribution in [-0.2, 0) is 21.7 Å². The van der Waals surface area contributed by atoms with Crippen LogP contribution in [0, 0.1) is 0 Å². The highest BCUT2D eigenvalue weighted by Crippen LogP contribution is 2.11. The molecule has 0 N–H and O–H groups in total. The third-order valence-electron chi connectivity index (χ3n) is 2.08. The van der Waals surface area contributed by atoms with Crippen LogP contribution >= 0.6 is 11.6 Å². The standard InChI is InChI=1S/C10H14ClNO2S/c1-12(2)15(13,14)8-10-5-3-9(7-11)4-6-10/h3-6H,7-8H2,1-2H3. The highest BCUT2D eigenvalue weighted by Gasteiger charge is 2.13. The predicted octanol–water partition coefficient (Wildman–Crippen LogP) is 1.82. The summed E-state index contributed by atoms with van der Waals surface area (Å²) in [5.74, 6) is 0.475. The summed E-state index contributed by atoms with van der Waals surface area (Å²) >= 11 is 5.64. The monoisotopic (exact) mass is 247 g/mol. The van der Waals surface area contributed by atoms with Gasteiger partial charge in [0, 0.05) is 20.0 Å². The third-order valence-corrected chi connectivity index (χ3v) is 4.20. The number of rotatable bonds is 4. The Morgan fingerprint density at radius 1 is 1.13 bits per heavy atom. The molecule has 1 aromatic rings. The minimum Gasteiger partial charge on any atom is -0.212 e. The lowest BCUT2D eigenvalue weighted by atomic mass is 10.2. The average Bonchev–Trinajstić information content (AvgIpc) is 2.18. The van der Waals surface area contributed by atoms with Gasteiger partial charge in [0.05, 0.1) is 5.75 Å². The Balaban J connectivity index is 2.82. The van der Waals surface area contributed by atoms with E-state index in [2.05, 4.69) is 0 Å². The van der Waals surface area contributed by atoms with Crippen LogP contribution < -0.4 is 0 Å². The molecule has 1 rings (SSSR count). The van der Waals surface area contributed by atoms with Crippen LogP contribution in [-0.4, -0.2) is 26.8 Å². The van der Waals surface area contributed by atoms with Gasteiger partial charge in [-0.3, -0.25) is 0 Å². The number of benzene rings is 1. The van der Waals surface area contributed by atoms with E-state index in [1.165, 1.54) is 18.4 Å². The van der Waals surface area contributed by atoms with Crippen LogP contribution in [0.4, 0.5) is 0 Å². The summed E-state index contributed by atoms with van der Waals surface area (Å²) in [6.07, 6.45) is 0. The molecule has 0 fully saturated rings. The maximum atomic E-state index is 11.6. The first-order valence-corrected chi connectivity index (χ1v) is 6.64. The van der Waals surface area contributed by atoms with E-state index < -0.39 is 10.0 Å². The van der Waals surface area contributed by atoms with E-state index in [0.29, 0.717) is 5.88 Å². The topological polar surface area (TPSA) is 37.4 Å². The molecule has 5 heteroatoms. The van der Waals surface area contributed by atoms with Gasteiger partial charge in [-0.15, -0.1) is 11.6 Å². The molecule has 0 unspecified atom stereocenters. The Hall–Kier alpha value is -0.580. The number of halogens is 1. The minimum atomic E-state index is -3.17. The molecule has 0 heterocycles. The summed E-state index contributed by atoms with van der Waals surface area (Å²) in [7, 11) is -0.110. The van der Waals surface area contributed by atoms with Gasteiger partial charge in [-0.05, 0) is 11.1 Å². The van der Waals surface area contributed by atoms with Crippen molar-refractivity contribution in [2.45, 2.75) is 11.6 Å². The molecule has 0 radical (unpaired) electrons. The maximum Gasteiger partial charge on any atom is 0.217 e. The van der Waals surface area contributed by atoms with E-state index in [9.17, 15) is 8.42 Å². The predicted molar refractivity (Wildman–Crippen MR) is 62.3 cm³/mol. The molecular formula is C10H14ClNO2S. The van der Waals surface area contributed by atoms with Crippen molar-refractivity contribution >= 4 is 21.6 Å². The first-order chi connectivity index (χ1) is 6.95. The highest BCUT2D eigenvalue weighted by molar-refractivity contribution is 7.88. The summed E-state index contributed by atoms with van der Waals surface area (Å²) in [5.41, 5.74) is 1.76. The zero-order valence-corrected chi connectivity index (χ0v) is 10.3. The van der Waals surface area contributed by atoms with Crippen LogP contribution in [0.2, 0.25) is 0 Å². The molecule has 15 heavy (non-hydrogen) atoms. The molecule has 0 aliphatic carbocycles. The Morgan fingerprint density at radius 2 is 1.60 bits per heavy atom. The van der Waals surface area contributed by atoms with Crippen LogP contribution in [0.1, 0.15) is 11.1 Å². The Bertz CT molecular complexity index is 412. The number of hydrogen-bond donors (Lipinski definition) is 0. The molecule has 1 aromatic carbocycles. The van der Waals surface area contributed by atoms with Crippen LogP contribution in [0.3, 0.4) is 0 Å². The highest BCUT2D eigenvalue weighted by atomic mass is 35.5. The van der Waals surface area contributed by atoms with Gasteiger partial charge in [-0.25, -0.2) is 12.7 Å². The van der Waals surface area contributed by atoms with Crippen molar-refractivity contribution in [3.63, 3.8) is 0 Å². The molecule has 0 saturated carbocycles. The van der Waals surface area contributed by atoms with Gasteiger partial charge >= 0.3 is 0 Å². The summed E-state index contributed by atoms with van der Waals surface area (Å²) in [6, 6.07) is 7.26. The van der Waals surface area contributed by atoms with Crippen molar-refractivity contribution in [1.82, 2.24) is 4.31 Å². The molecule has 0 spiro atoms. The molecule has 0 aliphatic heterocycles. The second-order valence-electron chi connectivity index (χ2n) is 3.49. The second kappa shape index (κ2) is 4.96. The fraction of sp³-hybridized carbons (Fsp3) is 0.400. The van der Waals surface area contributed by atoms with Gasteiger partial charge in [0.25, 0.3) is 0 Å². The smallest absolute Gasteiger partial charge is 0.212 e. The Kier molecular flexibility index (Phi) is 4.13. The molecule has 0 atom stereocenters. The summed E-state index contributed by atoms with van der Waals surface area (Å²) in [5, 5.41) is 0. The normalized spacial score (nSPS) is 12.0. The summed E-state index contributed by atoms with van der Waals surface area (Å²) in [4.78, 5) is 0. The fourth-order valence-corrected chi connectivity index (χ4v) is 2.11. The molecule has 3 nitrogen and oxygen atoms in total. The van der Waals surface area contributed by atoms with E-state index in [1.54, 1.807) is 12.1 Å². The van der Waals surface area contributed by atoms with E-state index in [4.69, 9.17) is 11.6 Å². The number of alkyl halides is 1. The van der Waals surface area contributed by atoms with Crippen molar-refractivity contribution in [1.29, 1.82) is 0 Å². The summed E-state index contributed by atoms with van der Waals surface area (Å²) in [6.45, 7) is 0. The fourth-order valence-electron chi connectivity index (χ4n) is 1.06. The number of hydrogen-bond acceptors (Lipinski definition) is 2. The van der Waals surface area contributed by atoms with E-state index >= 15 is 0 Å². The van der Waals surface area contributed by atoms with Crippen molar-refractivity contribution in [2.24, 2.45) is 0 Å². The van der Waals surface area contributed by atoms with E-state index in [1.807, 2.05) is 12.1 Å². The zero-order chi connectivity index (χ0) is 11.5. The molecule has 84 valence electrons. The van der Waals surface area contributed by atoms with Gasteiger partial charge in [-0.1, -0.05) is 24.3 Å². The van der Waals surface area contributed by atoms with Crippen molar-refractivity contribution in [3.8, 4) is 0 Å². The lowest BCUT2D eigenvalue weighted by molar-refractivity contribution is 0.520. The van der Waals surface area contributed by atoms with Crippen molar-refractivity contribution in [2.75, 3.05) is 14.1 Å². The molecule has 0 aromatic heterocycles. The van der Waals surface area contributed by atoms with Gasteiger partial charge in [0.15, 0.2) is 0 Å². The molecule has 0 amide bonds. The molecule has 0 bridgehead atoms. The van der Waals surface area contributed by atoms with Gasteiger partial charge in [-0.2, -0.15) is 0 Å². The number of nitrogens with zero attached hydrogens (tertiary/aromatic N) is 1. The van der Waals surface area contributed by atoms with Gasteiger partial charge < -0.3 is 0 Å². The first kappa shape index (κ1) is 12.5. The van der Waals surface area contributed by atoms with Crippen LogP contribution in [0.15, 0.2) is 24.3 Å². The minimum absolute atomic E-state index is 0.0303. The summed E-state index contributed by atoms with van der Waals surface area (Å²) < 4.78 is 24.3. The average molecular weight is 248 g/mol. The van der Waals surface area contributed by atoms with E-state index in [-0.39, 0.29) is 5.75 Å². The first-order valence-electron chi connectivity index (χ1n) is 4.49. The molecular weight excluding hydrogens is 234 g/mol. The molecule has 0 saturated heterocycles. The Labute approximate surface area is 95.7 Å². The lowest BCUT2D eigenvalue weighted by Crippen LogP contribution is -2.23. The van der Waals surface area contributed by atoms with E-state index in [0.717, 1.165) is 11.1 Å². The van der Waals surface area contributed by atoms with Crippen molar-refractivity contribution < 1.29 is 8.42 Å². The van der Waals surface area contributed by atoms with Crippen molar-refractivity contribution in [3.05, 3.63) is 35.4 Å². The second-order valence-corrected chi connectivity index (χ2v) is 5.94. The largest absolute Gasteiger partial charge is 0.217 e.